The molecular weight excluding hydrogens is 352 g/mol. The molecule has 3 rings (SSSR count). The maximum absolute atomic E-state index is 10.2. The highest BCUT2D eigenvalue weighted by Crippen LogP contribution is 2.34. The Bertz CT molecular complexity index is 813. The first-order valence-corrected chi connectivity index (χ1v) is 7.92. The fourth-order valence-corrected chi connectivity index (χ4v) is 2.97. The quantitative estimate of drug-likeness (QED) is 0.689. The van der Waals surface area contributed by atoms with E-state index in [0.717, 1.165) is 34.3 Å². The summed E-state index contributed by atoms with van der Waals surface area (Å²) in [5.41, 5.74) is 2.58. The maximum Gasteiger partial charge on any atom is 0.144 e. The van der Waals surface area contributed by atoms with E-state index < -0.39 is 0 Å². The van der Waals surface area contributed by atoms with Crippen LogP contribution in [0.25, 0.3) is 22.4 Å². The summed E-state index contributed by atoms with van der Waals surface area (Å²) in [5.74, 6) is 0.977. The molecule has 0 spiro atoms. The average Bonchev–Trinajstić information content (AvgIpc) is 2.80. The number of aromatic nitrogens is 2. The zero-order chi connectivity index (χ0) is 15.0. The van der Waals surface area contributed by atoms with E-state index in [-0.39, 0.29) is 5.75 Å². The number of hydrogen-bond acceptors (Lipinski definition) is 2. The van der Waals surface area contributed by atoms with Crippen LogP contribution in [0.1, 0.15) is 13.3 Å². The zero-order valence-corrected chi connectivity index (χ0v) is 13.8. The van der Waals surface area contributed by atoms with Crippen LogP contribution in [-0.4, -0.2) is 14.7 Å². The molecule has 0 aliphatic rings. The van der Waals surface area contributed by atoms with Crippen molar-refractivity contribution < 1.29 is 5.11 Å². The summed E-state index contributed by atoms with van der Waals surface area (Å²) < 4.78 is 3.02. The van der Waals surface area contributed by atoms with Crippen LogP contribution in [0, 0.1) is 0 Å². The number of phenols is 1. The zero-order valence-electron chi connectivity index (χ0n) is 11.5. The number of aromatic hydroxyl groups is 1. The first-order chi connectivity index (χ1) is 10.1. The topological polar surface area (TPSA) is 38.0 Å². The summed E-state index contributed by atoms with van der Waals surface area (Å²) in [7, 11) is 0. The van der Waals surface area contributed by atoms with Gasteiger partial charge in [0.1, 0.15) is 11.6 Å². The van der Waals surface area contributed by atoms with Gasteiger partial charge in [-0.25, -0.2) is 4.98 Å². The Morgan fingerprint density at radius 3 is 2.81 bits per heavy atom. The lowest BCUT2D eigenvalue weighted by molar-refractivity contribution is 0.476. The first-order valence-electron chi connectivity index (χ1n) is 6.75. The van der Waals surface area contributed by atoms with Crippen LogP contribution in [0.15, 0.2) is 40.9 Å². The van der Waals surface area contributed by atoms with Crippen LogP contribution >= 0.6 is 27.5 Å². The number of benzene rings is 2. The molecule has 1 heterocycles. The Morgan fingerprint density at radius 2 is 2.05 bits per heavy atom. The molecular formula is C16H14BrClN2O. The molecule has 5 heteroatoms. The van der Waals surface area contributed by atoms with Crippen LogP contribution < -0.4 is 0 Å². The van der Waals surface area contributed by atoms with Crippen molar-refractivity contribution >= 4 is 38.6 Å². The minimum Gasteiger partial charge on any atom is -0.507 e. The molecule has 0 saturated carbocycles. The van der Waals surface area contributed by atoms with Crippen molar-refractivity contribution in [3.05, 3.63) is 45.9 Å². The normalized spacial score (nSPS) is 11.2. The molecule has 0 aliphatic carbocycles. The van der Waals surface area contributed by atoms with E-state index in [9.17, 15) is 5.11 Å². The fourth-order valence-electron chi connectivity index (χ4n) is 2.45. The van der Waals surface area contributed by atoms with Crippen molar-refractivity contribution in [1.29, 1.82) is 0 Å². The van der Waals surface area contributed by atoms with Crippen molar-refractivity contribution in [2.24, 2.45) is 0 Å². The minimum atomic E-state index is 0.219. The summed E-state index contributed by atoms with van der Waals surface area (Å²) in [4.78, 5) is 4.66. The summed E-state index contributed by atoms with van der Waals surface area (Å²) >= 11 is 9.50. The molecule has 0 unspecified atom stereocenters. The smallest absolute Gasteiger partial charge is 0.144 e. The second-order valence-corrected chi connectivity index (χ2v) is 6.23. The Labute approximate surface area is 136 Å². The van der Waals surface area contributed by atoms with Crippen molar-refractivity contribution in [1.82, 2.24) is 9.55 Å². The molecule has 21 heavy (non-hydrogen) atoms. The van der Waals surface area contributed by atoms with Crippen molar-refractivity contribution in [2.45, 2.75) is 19.9 Å². The number of nitrogens with zero attached hydrogens (tertiary/aromatic N) is 2. The van der Waals surface area contributed by atoms with E-state index >= 15 is 0 Å². The molecule has 108 valence electrons. The number of aryl methyl sites for hydroxylation is 1. The van der Waals surface area contributed by atoms with Gasteiger partial charge in [0.05, 0.1) is 16.6 Å². The van der Waals surface area contributed by atoms with Gasteiger partial charge in [0, 0.05) is 16.0 Å². The van der Waals surface area contributed by atoms with Gasteiger partial charge in [-0.2, -0.15) is 0 Å². The Hall–Kier alpha value is -1.52. The first kappa shape index (κ1) is 14.4. The lowest BCUT2D eigenvalue weighted by Gasteiger charge is -2.09. The average molecular weight is 366 g/mol. The third-order valence-electron chi connectivity index (χ3n) is 3.36. The molecule has 0 bridgehead atoms. The van der Waals surface area contributed by atoms with Gasteiger partial charge in [-0.15, -0.1) is 0 Å². The molecule has 0 atom stereocenters. The van der Waals surface area contributed by atoms with Gasteiger partial charge in [0.2, 0.25) is 0 Å². The molecule has 1 N–H and O–H groups in total. The van der Waals surface area contributed by atoms with E-state index in [4.69, 9.17) is 11.6 Å². The molecule has 0 fully saturated rings. The van der Waals surface area contributed by atoms with E-state index in [1.807, 2.05) is 30.3 Å². The maximum atomic E-state index is 10.2. The molecule has 0 saturated heterocycles. The SMILES string of the molecule is CCCn1c(-c2cc(Br)ccc2O)nc2cc(Cl)ccc21. The third-order valence-corrected chi connectivity index (χ3v) is 4.09. The summed E-state index contributed by atoms with van der Waals surface area (Å²) in [5, 5.41) is 10.8. The highest BCUT2D eigenvalue weighted by atomic mass is 79.9. The highest BCUT2D eigenvalue weighted by molar-refractivity contribution is 9.10. The molecule has 0 aliphatic heterocycles. The number of imidazole rings is 1. The molecule has 3 nitrogen and oxygen atoms in total. The summed E-state index contributed by atoms with van der Waals surface area (Å²) in [6.45, 7) is 2.95. The largest absolute Gasteiger partial charge is 0.507 e. The molecule has 0 radical (unpaired) electrons. The lowest BCUT2D eigenvalue weighted by Crippen LogP contribution is -1.99. The molecule has 0 amide bonds. The van der Waals surface area contributed by atoms with Gasteiger partial charge in [0.25, 0.3) is 0 Å². The fraction of sp³-hybridized carbons (Fsp3) is 0.188. The number of fused-ring (bicyclic) bond motifs is 1. The molecule has 1 aromatic heterocycles. The van der Waals surface area contributed by atoms with Crippen LogP contribution in [0.5, 0.6) is 5.75 Å². The van der Waals surface area contributed by atoms with Crippen molar-refractivity contribution in [3.63, 3.8) is 0 Å². The van der Waals surface area contributed by atoms with Gasteiger partial charge in [-0.3, -0.25) is 0 Å². The van der Waals surface area contributed by atoms with Gasteiger partial charge in [-0.05, 0) is 42.8 Å². The van der Waals surface area contributed by atoms with E-state index in [0.29, 0.717) is 10.6 Å². The lowest BCUT2D eigenvalue weighted by atomic mass is 10.2. The van der Waals surface area contributed by atoms with Gasteiger partial charge >= 0.3 is 0 Å². The van der Waals surface area contributed by atoms with Crippen molar-refractivity contribution in [3.8, 4) is 17.1 Å². The number of phenolic OH excluding ortho intramolecular Hbond substituents is 1. The van der Waals surface area contributed by atoms with Crippen LogP contribution in [0.3, 0.4) is 0 Å². The number of hydrogen-bond donors (Lipinski definition) is 1. The van der Waals surface area contributed by atoms with E-state index in [2.05, 4.69) is 32.4 Å². The molecule has 3 aromatic rings. The van der Waals surface area contributed by atoms with Crippen LogP contribution in [0.2, 0.25) is 5.02 Å². The second kappa shape index (κ2) is 5.70. The summed E-state index contributed by atoms with van der Waals surface area (Å²) in [6.07, 6.45) is 0.982. The number of rotatable bonds is 3. The second-order valence-electron chi connectivity index (χ2n) is 4.88. The van der Waals surface area contributed by atoms with Crippen LogP contribution in [0.4, 0.5) is 0 Å². The van der Waals surface area contributed by atoms with Gasteiger partial charge in [-0.1, -0.05) is 34.5 Å². The highest BCUT2D eigenvalue weighted by Gasteiger charge is 2.15. The van der Waals surface area contributed by atoms with Gasteiger partial charge in [0.15, 0.2) is 0 Å². The van der Waals surface area contributed by atoms with Crippen molar-refractivity contribution in [2.75, 3.05) is 0 Å². The predicted molar refractivity (Wildman–Crippen MR) is 89.8 cm³/mol. The Balaban J connectivity index is 2.30. The number of halogens is 2. The van der Waals surface area contributed by atoms with E-state index in [1.54, 1.807) is 6.07 Å². The summed E-state index contributed by atoms with van der Waals surface area (Å²) in [6, 6.07) is 11.0. The Morgan fingerprint density at radius 1 is 1.24 bits per heavy atom. The monoisotopic (exact) mass is 364 g/mol. The van der Waals surface area contributed by atoms with Gasteiger partial charge < -0.3 is 9.67 Å². The third kappa shape index (κ3) is 2.65. The molecule has 2 aromatic carbocycles. The minimum absolute atomic E-state index is 0.219. The van der Waals surface area contributed by atoms with Crippen LogP contribution in [-0.2, 0) is 6.54 Å². The Kier molecular flexibility index (Phi) is 3.91. The van der Waals surface area contributed by atoms with E-state index in [1.165, 1.54) is 0 Å². The predicted octanol–water partition coefficient (Wildman–Crippen LogP) is 5.23. The standard InChI is InChI=1S/C16H14BrClN2O/c1-2-7-20-14-5-4-11(18)9-13(14)19-16(20)12-8-10(17)3-6-15(12)21/h3-6,8-9,21H,2,7H2,1H3.